The molecule has 4 N–H and O–H groups in total. The predicted octanol–water partition coefficient (Wildman–Crippen LogP) is 3.30. The Hall–Kier alpha value is -3.35. The quantitative estimate of drug-likeness (QED) is 0.400. The van der Waals surface area contributed by atoms with Crippen molar-refractivity contribution in [2.75, 3.05) is 26.1 Å². The molecule has 35 heavy (non-hydrogen) atoms. The summed E-state index contributed by atoms with van der Waals surface area (Å²) in [5.41, 5.74) is 2.50. The number of aliphatic hydroxyl groups excluding tert-OH is 1. The molecule has 9 heteroatoms. The van der Waals surface area contributed by atoms with Crippen LogP contribution in [0.1, 0.15) is 65.7 Å². The Labute approximate surface area is 206 Å². The average Bonchev–Trinajstić information content (AvgIpc) is 2.87. The minimum atomic E-state index is -1.26. The van der Waals surface area contributed by atoms with Gasteiger partial charge in [-0.25, -0.2) is 4.98 Å². The minimum Gasteiger partial charge on any atom is -0.496 e. The number of aliphatic hydroxyl groups is 2. The Morgan fingerprint density at radius 1 is 1.17 bits per heavy atom. The fourth-order valence-electron chi connectivity index (χ4n) is 4.51. The number of nitriles is 1. The highest BCUT2D eigenvalue weighted by atomic mass is 16.5. The maximum Gasteiger partial charge on any atom is 0.252 e. The van der Waals surface area contributed by atoms with E-state index in [2.05, 4.69) is 21.7 Å². The largest absolute Gasteiger partial charge is 0.496 e. The van der Waals surface area contributed by atoms with Gasteiger partial charge in [0.25, 0.3) is 5.91 Å². The number of nitrogens with one attached hydrogen (secondary N) is 2. The van der Waals surface area contributed by atoms with Crippen molar-refractivity contribution in [1.82, 2.24) is 10.3 Å². The van der Waals surface area contributed by atoms with Crippen LogP contribution in [0, 0.1) is 30.1 Å². The lowest BCUT2D eigenvalue weighted by atomic mass is 9.81. The third-order valence-electron chi connectivity index (χ3n) is 6.70. The zero-order valence-electron chi connectivity index (χ0n) is 20.7. The maximum atomic E-state index is 12.7. The highest BCUT2D eigenvalue weighted by Crippen LogP contribution is 2.34. The summed E-state index contributed by atoms with van der Waals surface area (Å²) < 4.78 is 10.8. The van der Waals surface area contributed by atoms with Crippen molar-refractivity contribution >= 4 is 11.7 Å². The highest BCUT2D eigenvalue weighted by Gasteiger charge is 2.25. The van der Waals surface area contributed by atoms with Gasteiger partial charge in [-0.05, 0) is 63.1 Å². The Morgan fingerprint density at radius 3 is 2.43 bits per heavy atom. The number of aromatic nitrogens is 1. The van der Waals surface area contributed by atoms with Gasteiger partial charge >= 0.3 is 0 Å². The smallest absolute Gasteiger partial charge is 0.252 e. The molecule has 0 spiro atoms. The van der Waals surface area contributed by atoms with Crippen molar-refractivity contribution in [3.05, 3.63) is 46.6 Å². The molecule has 1 atom stereocenters. The average molecular weight is 483 g/mol. The van der Waals surface area contributed by atoms with Crippen molar-refractivity contribution in [1.29, 1.82) is 5.26 Å². The van der Waals surface area contributed by atoms with Gasteiger partial charge in [-0.15, -0.1) is 0 Å². The van der Waals surface area contributed by atoms with Crippen LogP contribution in [0.3, 0.4) is 0 Å². The Morgan fingerprint density at radius 2 is 1.86 bits per heavy atom. The van der Waals surface area contributed by atoms with Crippen LogP contribution in [-0.4, -0.2) is 48.2 Å². The van der Waals surface area contributed by atoms with Crippen LogP contribution in [-0.2, 0) is 0 Å². The number of rotatable bonds is 9. The molecule has 1 fully saturated rings. The summed E-state index contributed by atoms with van der Waals surface area (Å²) in [5.74, 6) is 1.76. The number of anilines is 1. The molecule has 0 saturated heterocycles. The number of pyridine rings is 1. The van der Waals surface area contributed by atoms with E-state index < -0.39 is 6.29 Å². The first-order chi connectivity index (χ1) is 16.8. The molecule has 9 nitrogen and oxygen atoms in total. The molecule has 188 valence electrons. The third kappa shape index (κ3) is 6.41. The van der Waals surface area contributed by atoms with E-state index in [0.29, 0.717) is 40.9 Å². The molecule has 1 aromatic carbocycles. The lowest BCUT2D eigenvalue weighted by molar-refractivity contribution is -0.0956. The van der Waals surface area contributed by atoms with Crippen molar-refractivity contribution in [2.45, 2.75) is 51.9 Å². The second-order valence-corrected chi connectivity index (χ2v) is 9.07. The van der Waals surface area contributed by atoms with Crippen molar-refractivity contribution in [3.8, 4) is 17.6 Å². The molecule has 1 saturated carbocycles. The Balaban J connectivity index is 1.63. The van der Waals surface area contributed by atoms with E-state index >= 15 is 0 Å². The van der Waals surface area contributed by atoms with Gasteiger partial charge < -0.3 is 30.3 Å². The molecule has 0 radical (unpaired) electrons. The maximum absolute atomic E-state index is 12.7. The molecule has 0 aliphatic heterocycles. The molecular formula is C26H34N4O5. The van der Waals surface area contributed by atoms with Gasteiger partial charge in [0, 0.05) is 30.3 Å². The Kier molecular flexibility index (Phi) is 8.90. The van der Waals surface area contributed by atoms with E-state index in [0.717, 1.165) is 36.8 Å². The second kappa shape index (κ2) is 11.9. The molecular weight excluding hydrogens is 448 g/mol. The predicted molar refractivity (Wildman–Crippen MR) is 131 cm³/mol. The lowest BCUT2D eigenvalue weighted by Gasteiger charge is -2.29. The summed E-state index contributed by atoms with van der Waals surface area (Å²) >= 11 is 0. The molecule has 1 aliphatic rings. The number of carbonyl (C=O) groups excluding carboxylic acids is 1. The van der Waals surface area contributed by atoms with Gasteiger partial charge in [-0.2, -0.15) is 5.26 Å². The van der Waals surface area contributed by atoms with Gasteiger partial charge in [-0.1, -0.05) is 0 Å². The molecule has 1 aromatic heterocycles. The van der Waals surface area contributed by atoms with E-state index in [-0.39, 0.29) is 17.9 Å². The molecule has 1 aliphatic carbocycles. The fraction of sp³-hybridized carbons (Fsp3) is 0.500. The molecule has 2 aromatic rings. The van der Waals surface area contributed by atoms with Crippen LogP contribution in [0.25, 0.3) is 0 Å². The van der Waals surface area contributed by atoms with Crippen LogP contribution >= 0.6 is 0 Å². The normalized spacial score (nSPS) is 18.5. The van der Waals surface area contributed by atoms with E-state index in [9.17, 15) is 20.3 Å². The summed E-state index contributed by atoms with van der Waals surface area (Å²) in [6.07, 6.45) is 3.53. The fourth-order valence-corrected chi connectivity index (χ4v) is 4.51. The van der Waals surface area contributed by atoms with Crippen molar-refractivity contribution in [2.24, 2.45) is 11.8 Å². The lowest BCUT2D eigenvalue weighted by Crippen LogP contribution is -2.33. The van der Waals surface area contributed by atoms with Gasteiger partial charge in [-0.3, -0.25) is 4.79 Å². The van der Waals surface area contributed by atoms with Crippen LogP contribution < -0.4 is 20.1 Å². The number of amides is 1. The molecule has 0 bridgehead atoms. The van der Waals surface area contributed by atoms with Crippen LogP contribution in [0.15, 0.2) is 24.4 Å². The van der Waals surface area contributed by atoms with Gasteiger partial charge in [0.15, 0.2) is 6.29 Å². The highest BCUT2D eigenvalue weighted by molar-refractivity contribution is 5.94. The summed E-state index contributed by atoms with van der Waals surface area (Å²) in [5, 5.41) is 34.4. The molecule has 3 rings (SSSR count). The minimum absolute atomic E-state index is 0.0689. The SMILES string of the molecule is COc1cc(OC)c([C@H](C)Nc2ncc(C(=O)NCC3CCC(C(O)O)CC3)cc2C)cc1C#N. The van der Waals surface area contributed by atoms with E-state index in [4.69, 9.17) is 9.47 Å². The number of ether oxygens (including phenoxy) is 2. The molecule has 0 unspecified atom stereocenters. The first kappa shape index (κ1) is 26.3. The number of hydrogen-bond acceptors (Lipinski definition) is 8. The summed E-state index contributed by atoms with van der Waals surface area (Å²) in [6.45, 7) is 4.38. The van der Waals surface area contributed by atoms with Crippen molar-refractivity contribution < 1.29 is 24.5 Å². The standard InChI is InChI=1S/C26H34N4O5/c1-15-9-20(25(31)29-13-17-5-7-18(8-6-17)26(32)33)14-28-24(15)30-16(2)21-10-19(12-27)22(34-3)11-23(21)35-4/h9-11,14,16-18,26,32-33H,5-8,13H2,1-4H3,(H,28,30)(H,29,31)/t16-,17?,18?/m0/s1. The molecule has 1 heterocycles. The molecule has 1 amide bonds. The zero-order valence-corrected chi connectivity index (χ0v) is 20.7. The zero-order chi connectivity index (χ0) is 25.5. The summed E-state index contributed by atoms with van der Waals surface area (Å²) in [4.78, 5) is 17.1. The Bertz CT molecular complexity index is 1070. The number of hydrogen-bond donors (Lipinski definition) is 4. The first-order valence-electron chi connectivity index (χ1n) is 11.8. The number of aryl methyl sites for hydroxylation is 1. The monoisotopic (exact) mass is 482 g/mol. The van der Waals surface area contributed by atoms with Gasteiger partial charge in [0.2, 0.25) is 0 Å². The van der Waals surface area contributed by atoms with Crippen LogP contribution in [0.4, 0.5) is 5.82 Å². The van der Waals surface area contributed by atoms with Gasteiger partial charge in [0.05, 0.1) is 31.4 Å². The summed E-state index contributed by atoms with van der Waals surface area (Å²) in [7, 11) is 3.07. The number of carbonyl (C=O) groups is 1. The topological polar surface area (TPSA) is 137 Å². The summed E-state index contributed by atoms with van der Waals surface area (Å²) in [6, 6.07) is 7.14. The van der Waals surface area contributed by atoms with Gasteiger partial charge in [0.1, 0.15) is 23.4 Å². The van der Waals surface area contributed by atoms with Crippen LogP contribution in [0.2, 0.25) is 0 Å². The number of nitrogens with zero attached hydrogens (tertiary/aromatic N) is 2. The number of methoxy groups -OCH3 is 2. The number of benzene rings is 1. The van der Waals surface area contributed by atoms with E-state index in [1.54, 1.807) is 31.5 Å². The van der Waals surface area contributed by atoms with Crippen LogP contribution in [0.5, 0.6) is 11.5 Å². The van der Waals surface area contributed by atoms with E-state index in [1.807, 2.05) is 13.8 Å². The third-order valence-corrected chi connectivity index (χ3v) is 6.70. The second-order valence-electron chi connectivity index (χ2n) is 9.07. The van der Waals surface area contributed by atoms with Crippen molar-refractivity contribution in [3.63, 3.8) is 0 Å². The van der Waals surface area contributed by atoms with E-state index in [1.165, 1.54) is 7.11 Å². The first-order valence-corrected chi connectivity index (χ1v) is 11.8.